The molecule has 0 radical (unpaired) electrons. The van der Waals surface area contributed by atoms with Crippen LogP contribution in [-0.2, 0) is 13.1 Å². The molecule has 0 aliphatic carbocycles. The number of benzene rings is 2. The third-order valence-corrected chi connectivity index (χ3v) is 3.70. The Kier molecular flexibility index (Phi) is 5.36. The van der Waals surface area contributed by atoms with Crippen LogP contribution in [0.2, 0.25) is 0 Å². The summed E-state index contributed by atoms with van der Waals surface area (Å²) < 4.78 is 13.7. The maximum absolute atomic E-state index is 13.7. The predicted molar refractivity (Wildman–Crippen MR) is 95.3 cm³/mol. The van der Waals surface area contributed by atoms with Gasteiger partial charge in [-0.1, -0.05) is 36.4 Å². The van der Waals surface area contributed by atoms with Gasteiger partial charge in [-0.05, 0) is 17.7 Å². The second-order valence-corrected chi connectivity index (χ2v) is 5.41. The minimum atomic E-state index is -0.231. The van der Waals surface area contributed by atoms with Gasteiger partial charge in [0, 0.05) is 31.3 Å². The van der Waals surface area contributed by atoms with Crippen molar-refractivity contribution in [2.24, 2.45) is 4.99 Å². The highest BCUT2D eigenvalue weighted by atomic mass is 19.1. The third-order valence-electron chi connectivity index (χ3n) is 3.70. The van der Waals surface area contributed by atoms with E-state index < -0.39 is 0 Å². The average Bonchev–Trinajstić information content (AvgIpc) is 3.18. The van der Waals surface area contributed by atoms with Crippen molar-refractivity contribution in [1.82, 2.24) is 25.8 Å². The molecule has 0 saturated carbocycles. The summed E-state index contributed by atoms with van der Waals surface area (Å²) in [5.74, 6) is 1.10. The van der Waals surface area contributed by atoms with Gasteiger partial charge in [0.1, 0.15) is 12.1 Å². The maximum Gasteiger partial charge on any atom is 0.191 e. The van der Waals surface area contributed by atoms with E-state index in [1.807, 2.05) is 30.3 Å². The summed E-state index contributed by atoms with van der Waals surface area (Å²) in [5, 5.41) is 13.0. The van der Waals surface area contributed by atoms with Crippen LogP contribution in [0, 0.1) is 5.82 Å². The van der Waals surface area contributed by atoms with E-state index in [1.54, 1.807) is 19.2 Å². The first-order chi connectivity index (χ1) is 12.3. The molecule has 0 saturated heterocycles. The largest absolute Gasteiger partial charge is 0.352 e. The molecule has 0 fully saturated rings. The highest BCUT2D eigenvalue weighted by Crippen LogP contribution is 2.15. The van der Waals surface area contributed by atoms with Crippen LogP contribution in [0.4, 0.5) is 4.39 Å². The van der Waals surface area contributed by atoms with Gasteiger partial charge in [0.2, 0.25) is 0 Å². The van der Waals surface area contributed by atoms with E-state index in [1.165, 1.54) is 12.4 Å². The monoisotopic (exact) mass is 338 g/mol. The molecule has 6 nitrogen and oxygen atoms in total. The molecule has 0 unspecified atom stereocenters. The van der Waals surface area contributed by atoms with E-state index in [0.717, 1.165) is 17.0 Å². The van der Waals surface area contributed by atoms with Crippen molar-refractivity contribution in [3.63, 3.8) is 0 Å². The predicted octanol–water partition coefficient (Wildman–Crippen LogP) is 2.48. The van der Waals surface area contributed by atoms with Gasteiger partial charge >= 0.3 is 0 Å². The molecule has 7 heteroatoms. The fourth-order valence-corrected chi connectivity index (χ4v) is 2.40. The molecular formula is C18H19FN6. The first kappa shape index (κ1) is 16.6. The molecule has 2 aromatic carbocycles. The zero-order chi connectivity index (χ0) is 17.5. The van der Waals surface area contributed by atoms with Gasteiger partial charge in [-0.25, -0.2) is 9.37 Å². The minimum Gasteiger partial charge on any atom is -0.352 e. The number of aromatic nitrogens is 3. The van der Waals surface area contributed by atoms with E-state index in [0.29, 0.717) is 24.6 Å². The summed E-state index contributed by atoms with van der Waals surface area (Å²) in [6, 6.07) is 14.6. The number of guanidine groups is 1. The normalized spacial score (nSPS) is 11.4. The van der Waals surface area contributed by atoms with Crippen LogP contribution in [0.25, 0.3) is 11.4 Å². The summed E-state index contributed by atoms with van der Waals surface area (Å²) in [7, 11) is 1.68. The van der Waals surface area contributed by atoms with Gasteiger partial charge in [-0.3, -0.25) is 10.1 Å². The number of nitrogens with zero attached hydrogens (tertiary/aromatic N) is 3. The Bertz CT molecular complexity index is 844. The Morgan fingerprint density at radius 3 is 2.72 bits per heavy atom. The van der Waals surface area contributed by atoms with Crippen LogP contribution in [0.15, 0.2) is 59.9 Å². The average molecular weight is 338 g/mol. The molecule has 128 valence electrons. The van der Waals surface area contributed by atoms with Crippen LogP contribution in [0.3, 0.4) is 0 Å². The fourth-order valence-electron chi connectivity index (χ4n) is 2.40. The number of halogens is 1. The van der Waals surface area contributed by atoms with Crippen LogP contribution in [-0.4, -0.2) is 28.2 Å². The molecule has 0 atom stereocenters. The summed E-state index contributed by atoms with van der Waals surface area (Å²) in [6.45, 7) is 0.948. The van der Waals surface area contributed by atoms with Crippen molar-refractivity contribution < 1.29 is 4.39 Å². The van der Waals surface area contributed by atoms with E-state index >= 15 is 0 Å². The van der Waals surface area contributed by atoms with Crippen molar-refractivity contribution in [2.75, 3.05) is 7.05 Å². The van der Waals surface area contributed by atoms with E-state index in [2.05, 4.69) is 30.8 Å². The number of aliphatic imine (C=N–C) groups is 1. The Labute approximate surface area is 145 Å². The van der Waals surface area contributed by atoms with Crippen molar-refractivity contribution >= 4 is 5.96 Å². The van der Waals surface area contributed by atoms with E-state index in [-0.39, 0.29) is 5.82 Å². The molecular weight excluding hydrogens is 319 g/mol. The lowest BCUT2D eigenvalue weighted by atomic mass is 10.1. The van der Waals surface area contributed by atoms with Crippen molar-refractivity contribution in [1.29, 1.82) is 0 Å². The number of hydrogen-bond acceptors (Lipinski definition) is 3. The van der Waals surface area contributed by atoms with Gasteiger partial charge in [0.25, 0.3) is 0 Å². The Morgan fingerprint density at radius 2 is 1.96 bits per heavy atom. The lowest BCUT2D eigenvalue weighted by molar-refractivity contribution is 0.604. The minimum absolute atomic E-state index is 0.231. The Balaban J connectivity index is 1.58. The van der Waals surface area contributed by atoms with Gasteiger partial charge < -0.3 is 10.6 Å². The second kappa shape index (κ2) is 8.05. The highest BCUT2D eigenvalue weighted by Gasteiger charge is 2.04. The summed E-state index contributed by atoms with van der Waals surface area (Å²) >= 11 is 0. The Hall–Kier alpha value is -3.22. The maximum atomic E-state index is 13.7. The zero-order valence-corrected chi connectivity index (χ0v) is 13.8. The summed E-state index contributed by atoms with van der Waals surface area (Å²) in [6.07, 6.45) is 1.48. The summed E-state index contributed by atoms with van der Waals surface area (Å²) in [4.78, 5) is 8.32. The first-order valence-electron chi connectivity index (χ1n) is 7.89. The van der Waals surface area contributed by atoms with Gasteiger partial charge in [0.15, 0.2) is 11.8 Å². The van der Waals surface area contributed by atoms with E-state index in [9.17, 15) is 4.39 Å². The van der Waals surface area contributed by atoms with E-state index in [4.69, 9.17) is 0 Å². The van der Waals surface area contributed by atoms with Crippen molar-refractivity contribution in [2.45, 2.75) is 13.1 Å². The van der Waals surface area contributed by atoms with Crippen molar-refractivity contribution in [3.05, 3.63) is 71.8 Å². The third kappa shape index (κ3) is 4.41. The summed E-state index contributed by atoms with van der Waals surface area (Å²) in [5.41, 5.74) is 2.63. The number of nitrogens with one attached hydrogen (secondary N) is 3. The van der Waals surface area contributed by atoms with Gasteiger partial charge in [-0.15, -0.1) is 0 Å². The first-order valence-corrected chi connectivity index (χ1v) is 7.89. The molecule has 3 rings (SSSR count). The number of aromatic amines is 1. The lowest BCUT2D eigenvalue weighted by Gasteiger charge is -2.12. The fraction of sp³-hybridized carbons (Fsp3) is 0.167. The molecule has 0 spiro atoms. The standard InChI is InChI=1S/C18H19FN6/c1-20-18(22-11-15-6-2-3-8-16(15)19)21-10-13-5-4-7-14(9-13)17-23-12-24-25-17/h2-9,12H,10-11H2,1H3,(H2,20,21,22)(H,23,24,25). The SMILES string of the molecule is CN=C(NCc1cccc(-c2ncn[nH]2)c1)NCc1ccccc1F. The Morgan fingerprint density at radius 1 is 1.12 bits per heavy atom. The highest BCUT2D eigenvalue weighted by molar-refractivity contribution is 5.79. The molecule has 0 aliphatic rings. The van der Waals surface area contributed by atoms with Crippen LogP contribution in [0.5, 0.6) is 0 Å². The zero-order valence-electron chi connectivity index (χ0n) is 13.8. The van der Waals surface area contributed by atoms with Gasteiger partial charge in [-0.2, -0.15) is 5.10 Å². The quantitative estimate of drug-likeness (QED) is 0.493. The molecule has 1 aromatic heterocycles. The van der Waals surface area contributed by atoms with Crippen LogP contribution in [0.1, 0.15) is 11.1 Å². The molecule has 0 bridgehead atoms. The lowest BCUT2D eigenvalue weighted by Crippen LogP contribution is -2.36. The molecule has 3 aromatic rings. The molecule has 25 heavy (non-hydrogen) atoms. The number of H-pyrrole nitrogens is 1. The smallest absolute Gasteiger partial charge is 0.191 e. The van der Waals surface area contributed by atoms with Crippen molar-refractivity contribution in [3.8, 4) is 11.4 Å². The number of rotatable bonds is 5. The molecule has 0 aliphatic heterocycles. The molecule has 1 heterocycles. The molecule has 0 amide bonds. The van der Waals surface area contributed by atoms with Crippen LogP contribution >= 0.6 is 0 Å². The second-order valence-electron chi connectivity index (χ2n) is 5.41. The van der Waals surface area contributed by atoms with Gasteiger partial charge in [0.05, 0.1) is 0 Å². The molecule has 3 N–H and O–H groups in total. The number of hydrogen-bond donors (Lipinski definition) is 3. The topological polar surface area (TPSA) is 78.0 Å². The van der Waals surface area contributed by atoms with Crippen LogP contribution < -0.4 is 10.6 Å².